The summed E-state index contributed by atoms with van der Waals surface area (Å²) < 4.78 is 0. The topological polar surface area (TPSA) is 68.9 Å². The summed E-state index contributed by atoms with van der Waals surface area (Å²) in [6, 6.07) is 11.8. The van der Waals surface area contributed by atoms with Crippen molar-refractivity contribution in [1.82, 2.24) is 4.98 Å². The molecule has 2 rings (SSSR count). The van der Waals surface area contributed by atoms with E-state index in [-0.39, 0.29) is 6.61 Å². The van der Waals surface area contributed by atoms with E-state index in [2.05, 4.69) is 23.3 Å². The molecule has 4 heteroatoms. The highest BCUT2D eigenvalue weighted by atomic mass is 16.3. The van der Waals surface area contributed by atoms with Gasteiger partial charge in [0.05, 0.1) is 11.1 Å². The number of para-hydroxylation sites is 1. The van der Waals surface area contributed by atoms with Gasteiger partial charge in [0, 0.05) is 18.5 Å². The van der Waals surface area contributed by atoms with Gasteiger partial charge in [-0.25, -0.2) is 4.98 Å². The van der Waals surface area contributed by atoms with E-state index < -0.39 is 0 Å². The first-order chi connectivity index (χ1) is 9.78. The quantitative estimate of drug-likeness (QED) is 0.846. The first-order valence-electron chi connectivity index (χ1n) is 6.93. The highest BCUT2D eigenvalue weighted by Crippen LogP contribution is 2.20. The molecule has 1 aromatic heterocycles. The molecule has 4 nitrogen and oxygen atoms in total. The number of hydrogen-bond donors (Lipinski definition) is 2. The Morgan fingerprint density at radius 2 is 2.20 bits per heavy atom. The number of fused-ring (bicyclic) bond motifs is 1. The highest BCUT2D eigenvalue weighted by Gasteiger charge is 2.09. The van der Waals surface area contributed by atoms with Crippen LogP contribution in [-0.2, 0) is 0 Å². The summed E-state index contributed by atoms with van der Waals surface area (Å²) >= 11 is 0. The van der Waals surface area contributed by atoms with Crippen LogP contribution in [0.15, 0.2) is 30.3 Å². The number of benzene rings is 1. The van der Waals surface area contributed by atoms with Crippen LogP contribution in [0.2, 0.25) is 0 Å². The second-order valence-corrected chi connectivity index (χ2v) is 4.86. The van der Waals surface area contributed by atoms with E-state index in [4.69, 9.17) is 5.11 Å². The summed E-state index contributed by atoms with van der Waals surface area (Å²) in [5.41, 5.74) is 1.44. The highest BCUT2D eigenvalue weighted by molar-refractivity contribution is 5.82. The van der Waals surface area contributed by atoms with Crippen molar-refractivity contribution in [2.75, 3.05) is 18.5 Å². The van der Waals surface area contributed by atoms with Crippen molar-refractivity contribution in [3.8, 4) is 6.07 Å². The van der Waals surface area contributed by atoms with Crippen molar-refractivity contribution in [2.24, 2.45) is 5.92 Å². The maximum atomic E-state index is 9.23. The Balaban J connectivity index is 2.22. The van der Waals surface area contributed by atoms with Gasteiger partial charge in [0.2, 0.25) is 0 Å². The molecule has 1 unspecified atom stereocenters. The minimum absolute atomic E-state index is 0.191. The third-order valence-corrected chi connectivity index (χ3v) is 3.52. The van der Waals surface area contributed by atoms with Crippen molar-refractivity contribution < 1.29 is 5.11 Å². The molecule has 20 heavy (non-hydrogen) atoms. The van der Waals surface area contributed by atoms with E-state index in [0.717, 1.165) is 30.3 Å². The molecule has 0 saturated carbocycles. The summed E-state index contributed by atoms with van der Waals surface area (Å²) in [5.74, 6) is 1.02. The third kappa shape index (κ3) is 3.25. The van der Waals surface area contributed by atoms with E-state index in [9.17, 15) is 5.26 Å². The maximum Gasteiger partial charge on any atom is 0.144 e. The van der Waals surface area contributed by atoms with E-state index in [1.807, 2.05) is 30.3 Å². The minimum Gasteiger partial charge on any atom is -0.396 e. The van der Waals surface area contributed by atoms with Crippen LogP contribution in [0, 0.1) is 17.2 Å². The molecule has 0 bridgehead atoms. The molecule has 0 aliphatic carbocycles. The SMILES string of the molecule is CCC(CCO)CNc1nc2ccccc2cc1C#N. The second-order valence-electron chi connectivity index (χ2n) is 4.86. The number of aliphatic hydroxyl groups excluding tert-OH is 1. The molecule has 1 heterocycles. The smallest absolute Gasteiger partial charge is 0.144 e. The molecule has 1 atom stereocenters. The fourth-order valence-corrected chi connectivity index (χ4v) is 2.21. The number of anilines is 1. The van der Waals surface area contributed by atoms with Gasteiger partial charge in [-0.15, -0.1) is 0 Å². The maximum absolute atomic E-state index is 9.23. The molecule has 0 spiro atoms. The van der Waals surface area contributed by atoms with Crippen LogP contribution >= 0.6 is 0 Å². The normalized spacial score (nSPS) is 12.1. The molecular weight excluding hydrogens is 250 g/mol. The minimum atomic E-state index is 0.191. The zero-order valence-corrected chi connectivity index (χ0v) is 11.6. The van der Waals surface area contributed by atoms with Crippen molar-refractivity contribution in [3.63, 3.8) is 0 Å². The molecule has 104 valence electrons. The number of rotatable bonds is 6. The molecule has 0 saturated heterocycles. The molecule has 2 N–H and O–H groups in total. The zero-order valence-electron chi connectivity index (χ0n) is 11.6. The Hall–Kier alpha value is -2.12. The van der Waals surface area contributed by atoms with E-state index in [1.165, 1.54) is 0 Å². The number of nitrogens with one attached hydrogen (secondary N) is 1. The summed E-state index contributed by atoms with van der Waals surface area (Å²) in [6.45, 7) is 3.01. The van der Waals surface area contributed by atoms with Crippen LogP contribution in [-0.4, -0.2) is 23.2 Å². The van der Waals surface area contributed by atoms with Gasteiger partial charge in [-0.1, -0.05) is 31.5 Å². The predicted molar refractivity (Wildman–Crippen MR) is 80.4 cm³/mol. The molecule has 1 aromatic carbocycles. The second kappa shape index (κ2) is 6.88. The Morgan fingerprint density at radius 1 is 1.40 bits per heavy atom. The standard InChI is InChI=1S/C16H19N3O/c1-2-12(7-8-20)11-18-16-14(10-17)9-13-5-3-4-6-15(13)19-16/h3-6,9,12,20H,2,7-8,11H2,1H3,(H,18,19). The molecule has 0 fully saturated rings. The Morgan fingerprint density at radius 3 is 2.90 bits per heavy atom. The lowest BCUT2D eigenvalue weighted by molar-refractivity contribution is 0.258. The number of nitriles is 1. The Bertz CT molecular complexity index is 619. The van der Waals surface area contributed by atoms with Crippen molar-refractivity contribution in [2.45, 2.75) is 19.8 Å². The van der Waals surface area contributed by atoms with Gasteiger partial charge in [0.25, 0.3) is 0 Å². The lowest BCUT2D eigenvalue weighted by Crippen LogP contribution is -2.16. The molecule has 0 aliphatic rings. The van der Waals surface area contributed by atoms with E-state index in [0.29, 0.717) is 17.3 Å². The van der Waals surface area contributed by atoms with E-state index >= 15 is 0 Å². The Kier molecular flexibility index (Phi) is 4.91. The van der Waals surface area contributed by atoms with Crippen LogP contribution in [0.3, 0.4) is 0 Å². The number of aliphatic hydroxyl groups is 1. The molecule has 0 amide bonds. The lowest BCUT2D eigenvalue weighted by Gasteiger charge is -2.15. The summed E-state index contributed by atoms with van der Waals surface area (Å²) in [4.78, 5) is 4.52. The van der Waals surface area contributed by atoms with Gasteiger partial charge >= 0.3 is 0 Å². The van der Waals surface area contributed by atoms with Gasteiger partial charge in [0.15, 0.2) is 0 Å². The van der Waals surface area contributed by atoms with Crippen molar-refractivity contribution >= 4 is 16.7 Å². The fourth-order valence-electron chi connectivity index (χ4n) is 2.21. The lowest BCUT2D eigenvalue weighted by atomic mass is 10.0. The molecule has 0 radical (unpaired) electrons. The number of hydrogen-bond acceptors (Lipinski definition) is 4. The van der Waals surface area contributed by atoms with Crippen molar-refractivity contribution in [1.29, 1.82) is 5.26 Å². The number of aromatic nitrogens is 1. The predicted octanol–water partition coefficient (Wildman–Crippen LogP) is 2.93. The van der Waals surface area contributed by atoms with Crippen LogP contribution < -0.4 is 5.32 Å². The average Bonchev–Trinajstić information content (AvgIpc) is 2.50. The van der Waals surface area contributed by atoms with Gasteiger partial charge in [-0.3, -0.25) is 0 Å². The van der Waals surface area contributed by atoms with Crippen LogP contribution in [0.5, 0.6) is 0 Å². The Labute approximate surface area is 119 Å². The third-order valence-electron chi connectivity index (χ3n) is 3.52. The molecule has 0 aliphatic heterocycles. The van der Waals surface area contributed by atoms with Crippen LogP contribution in [0.25, 0.3) is 10.9 Å². The van der Waals surface area contributed by atoms with E-state index in [1.54, 1.807) is 0 Å². The molecule has 2 aromatic rings. The van der Waals surface area contributed by atoms with Gasteiger partial charge in [0.1, 0.15) is 11.9 Å². The van der Waals surface area contributed by atoms with Crippen molar-refractivity contribution in [3.05, 3.63) is 35.9 Å². The summed E-state index contributed by atoms with van der Waals surface area (Å²) in [7, 11) is 0. The van der Waals surface area contributed by atoms with Gasteiger partial charge < -0.3 is 10.4 Å². The van der Waals surface area contributed by atoms with Crippen LogP contribution in [0.1, 0.15) is 25.3 Å². The first-order valence-corrected chi connectivity index (χ1v) is 6.93. The fraction of sp³-hybridized carbons (Fsp3) is 0.375. The average molecular weight is 269 g/mol. The van der Waals surface area contributed by atoms with Crippen LogP contribution in [0.4, 0.5) is 5.82 Å². The number of pyridine rings is 1. The summed E-state index contributed by atoms with van der Waals surface area (Å²) in [5, 5.41) is 22.5. The monoisotopic (exact) mass is 269 g/mol. The number of nitrogens with zero attached hydrogens (tertiary/aromatic N) is 2. The van der Waals surface area contributed by atoms with Gasteiger partial charge in [-0.2, -0.15) is 5.26 Å². The van der Waals surface area contributed by atoms with Gasteiger partial charge in [-0.05, 0) is 24.5 Å². The summed E-state index contributed by atoms with van der Waals surface area (Å²) in [6.07, 6.45) is 1.75. The molecular formula is C16H19N3O. The largest absolute Gasteiger partial charge is 0.396 e. The first kappa shape index (κ1) is 14.3. The zero-order chi connectivity index (χ0) is 14.4.